The van der Waals surface area contributed by atoms with Gasteiger partial charge in [0.2, 0.25) is 29.3 Å². The van der Waals surface area contributed by atoms with Gasteiger partial charge in [0.15, 0.2) is 0 Å². The number of nitrogens with one attached hydrogen (secondary N) is 3. The fourth-order valence-electron chi connectivity index (χ4n) is 6.60. The van der Waals surface area contributed by atoms with E-state index in [2.05, 4.69) is 16.0 Å². The van der Waals surface area contributed by atoms with Crippen LogP contribution in [0.2, 0.25) is 0 Å². The number of Topliss-reactive ketones (excluding diaryl/α,β-unsaturated/α-hetero) is 2. The van der Waals surface area contributed by atoms with Crippen LogP contribution in [0, 0.1) is 34.4 Å². The van der Waals surface area contributed by atoms with E-state index in [-0.39, 0.29) is 41.7 Å². The number of piperidine rings is 1. The van der Waals surface area contributed by atoms with Crippen molar-refractivity contribution in [3.8, 4) is 0 Å². The van der Waals surface area contributed by atoms with Gasteiger partial charge in [-0.05, 0) is 80.5 Å². The topological polar surface area (TPSA) is 151 Å². The maximum Gasteiger partial charge on any atom is 0.408 e. The first kappa shape index (κ1) is 34.1. The predicted octanol–water partition coefficient (Wildman–Crippen LogP) is 3.01. The Morgan fingerprint density at radius 3 is 2.20 bits per heavy atom. The summed E-state index contributed by atoms with van der Waals surface area (Å²) >= 11 is 0. The predicted molar refractivity (Wildman–Crippen MR) is 162 cm³/mol. The van der Waals surface area contributed by atoms with E-state index in [1.54, 1.807) is 41.5 Å². The number of rotatable bonds is 9. The standard InChI is InChI=1S/C33H45FN4O7/c1-31(2,3)26(37-30(44)45-32(4,5)6)29(43)38-16-20-22(33(20,7)8)23(38)28(42)36-21(15-18-13-14-35-27(18)41)25(40)24(39)17-9-11-19(34)12-10-17/h9-12,18,20-23,26H,13-16H2,1-8H3,(H,35,41)(H,36,42)(H,37,44)/t18-,20-,21-,22-,23?,26?/m0/s1. The molecule has 0 radical (unpaired) electrons. The van der Waals surface area contributed by atoms with Crippen LogP contribution in [0.3, 0.4) is 0 Å². The summed E-state index contributed by atoms with van der Waals surface area (Å²) in [5.74, 6) is -4.60. The highest BCUT2D eigenvalue weighted by Gasteiger charge is 2.70. The number of halogens is 1. The van der Waals surface area contributed by atoms with Gasteiger partial charge in [0.25, 0.3) is 0 Å². The summed E-state index contributed by atoms with van der Waals surface area (Å²) < 4.78 is 18.9. The molecule has 1 aromatic carbocycles. The van der Waals surface area contributed by atoms with Crippen LogP contribution in [0.15, 0.2) is 24.3 Å². The average molecular weight is 629 g/mol. The number of ether oxygens (including phenoxy) is 1. The summed E-state index contributed by atoms with van der Waals surface area (Å²) in [5.41, 5.74) is -1.84. The van der Waals surface area contributed by atoms with Crippen molar-refractivity contribution in [2.45, 2.75) is 92.0 Å². The van der Waals surface area contributed by atoms with Crippen LogP contribution >= 0.6 is 0 Å². The lowest BCUT2D eigenvalue weighted by Gasteiger charge is -2.38. The van der Waals surface area contributed by atoms with Crippen LogP contribution in [-0.2, 0) is 23.9 Å². The summed E-state index contributed by atoms with van der Waals surface area (Å²) in [7, 11) is 0. The fourth-order valence-corrected chi connectivity index (χ4v) is 6.60. The molecule has 246 valence electrons. The zero-order valence-corrected chi connectivity index (χ0v) is 27.3. The Balaban J connectivity index is 1.61. The smallest absolute Gasteiger partial charge is 0.408 e. The molecular formula is C33H45FN4O7. The number of carbonyl (C=O) groups is 6. The third kappa shape index (κ3) is 7.36. The van der Waals surface area contributed by atoms with Crippen molar-refractivity contribution >= 4 is 35.4 Å². The maximum atomic E-state index is 14.1. The number of fused-ring (bicyclic) bond motifs is 1. The number of hydrogen-bond donors (Lipinski definition) is 3. The lowest BCUT2D eigenvalue weighted by atomic mass is 9.85. The maximum absolute atomic E-state index is 14.1. The number of hydrogen-bond acceptors (Lipinski definition) is 7. The molecule has 2 aliphatic heterocycles. The van der Waals surface area contributed by atoms with E-state index in [1.165, 1.54) is 17.0 Å². The van der Waals surface area contributed by atoms with E-state index in [4.69, 9.17) is 4.74 Å². The molecule has 2 unspecified atom stereocenters. The normalized spacial score (nSPS) is 25.0. The summed E-state index contributed by atoms with van der Waals surface area (Å²) in [5, 5.41) is 8.13. The SMILES string of the molecule is CC(C)(C)OC(=O)NC(C(=O)N1C[C@H]2[C@@H](C1C(=O)N[C@@H](C[C@@H]1CCNC1=O)C(=O)C(=O)c1ccc(F)cc1)C2(C)C)C(C)(C)C. The Hall–Kier alpha value is -3.83. The molecule has 11 nitrogen and oxygen atoms in total. The number of amides is 4. The zero-order valence-electron chi connectivity index (χ0n) is 27.3. The fraction of sp³-hybridized carbons (Fsp3) is 0.636. The van der Waals surface area contributed by atoms with E-state index in [0.29, 0.717) is 13.0 Å². The molecule has 2 heterocycles. The molecule has 6 atom stereocenters. The Bertz CT molecular complexity index is 1380. The van der Waals surface area contributed by atoms with E-state index < -0.39 is 70.4 Å². The van der Waals surface area contributed by atoms with E-state index in [0.717, 1.165) is 12.1 Å². The van der Waals surface area contributed by atoms with Crippen molar-refractivity contribution in [2.75, 3.05) is 13.1 Å². The molecular weight excluding hydrogens is 583 g/mol. The Morgan fingerprint density at radius 1 is 1.04 bits per heavy atom. The van der Waals surface area contributed by atoms with Gasteiger partial charge in [-0.3, -0.25) is 24.0 Å². The van der Waals surface area contributed by atoms with Crippen molar-refractivity contribution < 1.29 is 37.9 Å². The van der Waals surface area contributed by atoms with Crippen molar-refractivity contribution in [1.29, 1.82) is 0 Å². The number of alkyl carbamates (subject to hydrolysis) is 1. The van der Waals surface area contributed by atoms with Gasteiger partial charge in [-0.1, -0.05) is 34.6 Å². The first-order valence-corrected chi connectivity index (χ1v) is 15.4. The second-order valence-corrected chi connectivity index (χ2v) is 15.1. The van der Waals surface area contributed by atoms with Gasteiger partial charge >= 0.3 is 6.09 Å². The first-order chi connectivity index (χ1) is 20.7. The largest absolute Gasteiger partial charge is 0.444 e. The van der Waals surface area contributed by atoms with Crippen LogP contribution in [0.1, 0.15) is 78.6 Å². The molecule has 2 saturated heterocycles. The van der Waals surface area contributed by atoms with Crippen LogP contribution in [0.5, 0.6) is 0 Å². The molecule has 0 spiro atoms. The third-order valence-corrected chi connectivity index (χ3v) is 9.18. The van der Waals surface area contributed by atoms with Gasteiger partial charge in [-0.25, -0.2) is 9.18 Å². The summed E-state index contributed by atoms with van der Waals surface area (Å²) in [4.78, 5) is 81.6. The highest BCUT2D eigenvalue weighted by Crippen LogP contribution is 2.65. The lowest BCUT2D eigenvalue weighted by Crippen LogP contribution is -2.60. The third-order valence-electron chi connectivity index (χ3n) is 9.18. The molecule has 0 aromatic heterocycles. The Kier molecular flexibility index (Phi) is 9.21. The minimum atomic E-state index is -1.35. The van der Waals surface area contributed by atoms with Crippen molar-refractivity contribution in [3.63, 3.8) is 0 Å². The minimum Gasteiger partial charge on any atom is -0.444 e. The number of carbonyl (C=O) groups excluding carboxylic acids is 6. The van der Waals surface area contributed by atoms with Gasteiger partial charge < -0.3 is 25.6 Å². The minimum absolute atomic E-state index is 0.00922. The first-order valence-electron chi connectivity index (χ1n) is 15.4. The second kappa shape index (κ2) is 12.2. The highest BCUT2D eigenvalue weighted by atomic mass is 19.1. The zero-order chi connectivity index (χ0) is 33.6. The molecule has 3 fully saturated rings. The number of nitrogens with zero attached hydrogens (tertiary/aromatic N) is 1. The van der Waals surface area contributed by atoms with Crippen LogP contribution in [-0.4, -0.2) is 77.1 Å². The van der Waals surface area contributed by atoms with E-state index in [9.17, 15) is 33.2 Å². The van der Waals surface area contributed by atoms with Gasteiger partial charge in [0, 0.05) is 24.6 Å². The Labute approximate surface area is 263 Å². The number of ketones is 2. The lowest BCUT2D eigenvalue weighted by molar-refractivity contribution is -0.144. The van der Waals surface area contributed by atoms with Gasteiger partial charge in [-0.15, -0.1) is 0 Å². The van der Waals surface area contributed by atoms with Crippen LogP contribution < -0.4 is 16.0 Å². The number of likely N-dealkylation sites (tertiary alicyclic amines) is 1. The van der Waals surface area contributed by atoms with Crippen molar-refractivity contribution in [3.05, 3.63) is 35.6 Å². The summed E-state index contributed by atoms with van der Waals surface area (Å²) in [6.45, 7) is 15.2. The molecule has 1 saturated carbocycles. The molecule has 1 aliphatic carbocycles. The molecule has 12 heteroatoms. The molecule has 3 aliphatic rings. The van der Waals surface area contributed by atoms with Gasteiger partial charge in [0.1, 0.15) is 23.5 Å². The van der Waals surface area contributed by atoms with E-state index in [1.807, 2.05) is 13.8 Å². The van der Waals surface area contributed by atoms with Crippen molar-refractivity contribution in [1.82, 2.24) is 20.9 Å². The summed E-state index contributed by atoms with van der Waals surface area (Å²) in [6, 6.07) is 1.16. The molecule has 1 aromatic rings. The number of benzene rings is 1. The monoisotopic (exact) mass is 628 g/mol. The van der Waals surface area contributed by atoms with E-state index >= 15 is 0 Å². The highest BCUT2D eigenvalue weighted by molar-refractivity contribution is 6.45. The molecule has 4 rings (SSSR count). The summed E-state index contributed by atoms with van der Waals surface area (Å²) in [6.07, 6.45) is -0.438. The molecule has 4 amide bonds. The molecule has 0 bridgehead atoms. The van der Waals surface area contributed by atoms with Crippen LogP contribution in [0.25, 0.3) is 0 Å². The average Bonchev–Trinajstić information content (AvgIpc) is 3.26. The quantitative estimate of drug-likeness (QED) is 0.281. The molecule has 3 N–H and O–H groups in total. The van der Waals surface area contributed by atoms with Crippen molar-refractivity contribution in [2.24, 2.45) is 28.6 Å². The molecule has 45 heavy (non-hydrogen) atoms. The second-order valence-electron chi connectivity index (χ2n) is 15.1. The van der Waals surface area contributed by atoms with Gasteiger partial charge in [-0.2, -0.15) is 0 Å². The van der Waals surface area contributed by atoms with Gasteiger partial charge in [0.05, 0.1) is 6.04 Å². The Morgan fingerprint density at radius 2 is 1.67 bits per heavy atom. The van der Waals surface area contributed by atoms with Crippen LogP contribution in [0.4, 0.5) is 9.18 Å².